The fraction of sp³-hybridized carbons (Fsp3) is 0.778. The van der Waals surface area contributed by atoms with Crippen LogP contribution < -0.4 is 0 Å². The summed E-state index contributed by atoms with van der Waals surface area (Å²) in [7, 11) is 0. The minimum Gasteiger partial charge on any atom is -0.379 e. The molecule has 0 rings (SSSR count). The Kier molecular flexibility index (Phi) is 9.11. The molecule has 0 unspecified atom stereocenters. The molecule has 12 heavy (non-hydrogen) atoms. The first-order chi connectivity index (χ1) is 5.81. The van der Waals surface area contributed by atoms with Gasteiger partial charge in [0.05, 0.1) is 19.8 Å². The van der Waals surface area contributed by atoms with Crippen LogP contribution in [0.4, 0.5) is 0 Å². The molecule has 0 aromatic rings. The Morgan fingerprint density at radius 3 is 2.50 bits per heavy atom. The van der Waals surface area contributed by atoms with Gasteiger partial charge >= 0.3 is 0 Å². The van der Waals surface area contributed by atoms with E-state index in [1.165, 1.54) is 0 Å². The molecule has 0 aliphatic carbocycles. The maximum atomic E-state index is 5.26. The Balaban J connectivity index is 2.95. The maximum Gasteiger partial charge on any atom is 0.0704 e. The summed E-state index contributed by atoms with van der Waals surface area (Å²) in [5, 5.41) is 0. The Labute approximate surface area is 80.4 Å². The molecule has 0 aliphatic rings. The van der Waals surface area contributed by atoms with E-state index in [2.05, 4.69) is 26.1 Å². The van der Waals surface area contributed by atoms with E-state index in [0.717, 1.165) is 18.6 Å². The van der Waals surface area contributed by atoms with Crippen molar-refractivity contribution in [3.05, 3.63) is 12.2 Å². The minimum atomic E-state index is 0.596. The monoisotopic (exact) mass is 190 g/mol. The van der Waals surface area contributed by atoms with Crippen molar-refractivity contribution in [1.82, 2.24) is 0 Å². The normalized spacial score (nSPS) is 10.2. The highest BCUT2D eigenvalue weighted by Crippen LogP contribution is 1.93. The van der Waals surface area contributed by atoms with E-state index in [0.29, 0.717) is 25.6 Å². The summed E-state index contributed by atoms with van der Waals surface area (Å²) in [5.41, 5.74) is 1.01. The van der Waals surface area contributed by atoms with Gasteiger partial charge < -0.3 is 9.47 Å². The lowest BCUT2D eigenvalue weighted by atomic mass is 10.4. The fourth-order valence-electron chi connectivity index (χ4n) is 0.626. The van der Waals surface area contributed by atoms with Gasteiger partial charge in [-0.15, -0.1) is 0 Å². The second-order valence-corrected chi connectivity index (χ2v) is 2.89. The average Bonchev–Trinajstić information content (AvgIpc) is 2.10. The highest BCUT2D eigenvalue weighted by atomic mass is 32.1. The predicted octanol–water partition coefficient (Wildman–Crippen LogP) is 1.92. The van der Waals surface area contributed by atoms with Crippen LogP contribution in [-0.4, -0.2) is 32.2 Å². The molecule has 0 amide bonds. The quantitative estimate of drug-likeness (QED) is 0.358. The van der Waals surface area contributed by atoms with Gasteiger partial charge in [0.1, 0.15) is 0 Å². The van der Waals surface area contributed by atoms with Crippen molar-refractivity contribution in [3.63, 3.8) is 0 Å². The van der Waals surface area contributed by atoms with Gasteiger partial charge in [0.2, 0.25) is 0 Å². The molecule has 0 radical (unpaired) electrons. The van der Waals surface area contributed by atoms with Crippen molar-refractivity contribution in [2.45, 2.75) is 13.3 Å². The highest BCUT2D eigenvalue weighted by molar-refractivity contribution is 7.80. The molecule has 0 aromatic heterocycles. The summed E-state index contributed by atoms with van der Waals surface area (Å²) < 4.78 is 10.5. The Morgan fingerprint density at radius 2 is 1.92 bits per heavy atom. The highest BCUT2D eigenvalue weighted by Gasteiger charge is 1.91. The molecule has 2 nitrogen and oxygen atoms in total. The van der Waals surface area contributed by atoms with E-state index in [1.807, 2.05) is 0 Å². The first kappa shape index (κ1) is 12.0. The van der Waals surface area contributed by atoms with E-state index >= 15 is 0 Å². The van der Waals surface area contributed by atoms with Crippen LogP contribution in [0.25, 0.3) is 0 Å². The first-order valence-electron chi connectivity index (χ1n) is 4.24. The number of ether oxygens (including phenoxy) is 2. The van der Waals surface area contributed by atoms with Crippen molar-refractivity contribution < 1.29 is 9.47 Å². The summed E-state index contributed by atoms with van der Waals surface area (Å²) in [6.45, 7) is 8.58. The lowest BCUT2D eigenvalue weighted by Gasteiger charge is -2.05. The molecule has 3 heteroatoms. The summed E-state index contributed by atoms with van der Waals surface area (Å²) >= 11 is 4.06. The largest absolute Gasteiger partial charge is 0.379 e. The van der Waals surface area contributed by atoms with E-state index in [4.69, 9.17) is 9.47 Å². The van der Waals surface area contributed by atoms with Gasteiger partial charge in [0.25, 0.3) is 0 Å². The van der Waals surface area contributed by atoms with Crippen molar-refractivity contribution in [3.8, 4) is 0 Å². The molecule has 0 bridgehead atoms. The Morgan fingerprint density at radius 1 is 1.25 bits per heavy atom. The zero-order valence-electron chi connectivity index (χ0n) is 7.71. The van der Waals surface area contributed by atoms with E-state index in [1.54, 1.807) is 0 Å². The molecule has 0 aliphatic heterocycles. The third-order valence-electron chi connectivity index (χ3n) is 1.25. The van der Waals surface area contributed by atoms with E-state index < -0.39 is 0 Å². The third-order valence-corrected chi connectivity index (χ3v) is 1.70. The molecule has 0 atom stereocenters. The Bertz CT molecular complexity index is 115. The van der Waals surface area contributed by atoms with E-state index in [9.17, 15) is 0 Å². The summed E-state index contributed by atoms with van der Waals surface area (Å²) in [6.07, 6.45) is 1.06. The number of rotatable bonds is 8. The van der Waals surface area contributed by atoms with Crippen molar-refractivity contribution >= 4 is 12.6 Å². The molecule has 0 N–H and O–H groups in total. The summed E-state index contributed by atoms with van der Waals surface area (Å²) in [6, 6.07) is 0. The molecule has 0 fully saturated rings. The van der Waals surface area contributed by atoms with Gasteiger partial charge in [-0.3, -0.25) is 0 Å². The predicted molar refractivity (Wildman–Crippen MR) is 54.9 cm³/mol. The van der Waals surface area contributed by atoms with Crippen LogP contribution in [0.3, 0.4) is 0 Å². The van der Waals surface area contributed by atoms with Gasteiger partial charge in [-0.25, -0.2) is 0 Å². The SMILES string of the molecule is C=C(CS)COCCOCCC. The summed E-state index contributed by atoms with van der Waals surface area (Å²) in [4.78, 5) is 0. The van der Waals surface area contributed by atoms with Crippen LogP contribution in [-0.2, 0) is 9.47 Å². The average molecular weight is 190 g/mol. The van der Waals surface area contributed by atoms with Crippen LogP contribution >= 0.6 is 12.6 Å². The lowest BCUT2D eigenvalue weighted by molar-refractivity contribution is 0.0567. The molecular weight excluding hydrogens is 172 g/mol. The van der Waals surface area contributed by atoms with Crippen molar-refractivity contribution in [2.24, 2.45) is 0 Å². The van der Waals surface area contributed by atoms with E-state index in [-0.39, 0.29) is 0 Å². The van der Waals surface area contributed by atoms with Crippen molar-refractivity contribution in [2.75, 3.05) is 32.2 Å². The van der Waals surface area contributed by atoms with Crippen LogP contribution in [0.15, 0.2) is 12.2 Å². The number of hydrogen-bond acceptors (Lipinski definition) is 3. The number of hydrogen-bond donors (Lipinski definition) is 1. The second kappa shape index (κ2) is 9.10. The molecule has 0 saturated heterocycles. The maximum absolute atomic E-state index is 5.26. The van der Waals surface area contributed by atoms with Crippen LogP contribution in [0, 0.1) is 0 Å². The van der Waals surface area contributed by atoms with Gasteiger partial charge in [-0.05, 0) is 12.0 Å². The molecule has 0 spiro atoms. The zero-order chi connectivity index (χ0) is 9.23. The molecular formula is C9H18O2S. The Hall–Kier alpha value is 0.01000. The lowest BCUT2D eigenvalue weighted by Crippen LogP contribution is -2.07. The number of thiol groups is 1. The van der Waals surface area contributed by atoms with Crippen LogP contribution in [0.2, 0.25) is 0 Å². The molecule has 0 aromatic carbocycles. The van der Waals surface area contributed by atoms with Crippen molar-refractivity contribution in [1.29, 1.82) is 0 Å². The molecule has 0 heterocycles. The van der Waals surface area contributed by atoms with Crippen LogP contribution in [0.1, 0.15) is 13.3 Å². The summed E-state index contributed by atoms with van der Waals surface area (Å²) in [5.74, 6) is 0.690. The van der Waals surface area contributed by atoms with Gasteiger partial charge in [0.15, 0.2) is 0 Å². The molecule has 0 saturated carbocycles. The minimum absolute atomic E-state index is 0.596. The smallest absolute Gasteiger partial charge is 0.0704 e. The van der Waals surface area contributed by atoms with Gasteiger partial charge in [-0.2, -0.15) is 12.6 Å². The standard InChI is InChI=1S/C9H18O2S/c1-3-4-10-5-6-11-7-9(2)8-12/h12H,2-8H2,1H3. The van der Waals surface area contributed by atoms with Crippen LogP contribution in [0.5, 0.6) is 0 Å². The third kappa shape index (κ3) is 8.11. The zero-order valence-corrected chi connectivity index (χ0v) is 8.61. The van der Waals surface area contributed by atoms with Gasteiger partial charge in [0, 0.05) is 12.4 Å². The second-order valence-electron chi connectivity index (χ2n) is 2.57. The van der Waals surface area contributed by atoms with Gasteiger partial charge in [-0.1, -0.05) is 13.5 Å². The first-order valence-corrected chi connectivity index (χ1v) is 4.87. The molecule has 72 valence electrons. The fourth-order valence-corrected chi connectivity index (χ4v) is 0.718. The topological polar surface area (TPSA) is 18.5 Å².